The van der Waals surface area contributed by atoms with Crippen molar-refractivity contribution in [3.8, 4) is 28.6 Å². The van der Waals surface area contributed by atoms with E-state index in [0.717, 1.165) is 21.2 Å². The number of nitrogens with one attached hydrogen (secondary N) is 2. The van der Waals surface area contributed by atoms with Crippen molar-refractivity contribution in [1.29, 1.82) is 0 Å². The van der Waals surface area contributed by atoms with Crippen LogP contribution < -0.4 is 19.6 Å². The zero-order valence-corrected chi connectivity index (χ0v) is 22.3. The first kappa shape index (κ1) is 25.1. The molecule has 0 saturated carbocycles. The van der Waals surface area contributed by atoms with Gasteiger partial charge in [0.25, 0.3) is 0 Å². The predicted molar refractivity (Wildman–Crippen MR) is 144 cm³/mol. The summed E-state index contributed by atoms with van der Waals surface area (Å²) < 4.78 is 20.4. The van der Waals surface area contributed by atoms with Crippen molar-refractivity contribution in [1.82, 2.24) is 14.9 Å². The number of ether oxygens (including phenoxy) is 3. The lowest BCUT2D eigenvalue weighted by Crippen LogP contribution is -2.16. The standard InChI is InChI=1S/C25H24BrClN4O3S/c1-3-33-22-13-17(12-20(26)23(22)34-15-16-8-10-18(27)11-9-16)14-28-31-24(29-30-25(31)35)19-6-4-5-7-21(19)32-2/h4-13,28H,3,14-15H2,1-2H3,(H,30,35). The Bertz CT molecular complexity index is 1360. The molecule has 0 amide bonds. The molecule has 0 spiro atoms. The van der Waals surface area contributed by atoms with Crippen LogP contribution in [0.1, 0.15) is 18.1 Å². The Morgan fingerprint density at radius 2 is 1.83 bits per heavy atom. The summed E-state index contributed by atoms with van der Waals surface area (Å²) in [5, 5.41) is 7.92. The first-order valence-corrected chi connectivity index (χ1v) is 12.4. The molecule has 1 heterocycles. The second kappa shape index (κ2) is 11.6. The molecule has 4 rings (SSSR count). The molecule has 0 aliphatic rings. The SMILES string of the molecule is CCOc1cc(CNn2c(-c3ccccc3OC)n[nH]c2=S)cc(Br)c1OCc1ccc(Cl)cc1. The van der Waals surface area contributed by atoms with E-state index in [9.17, 15) is 0 Å². The highest BCUT2D eigenvalue weighted by atomic mass is 79.9. The van der Waals surface area contributed by atoms with Crippen molar-refractivity contribution in [2.24, 2.45) is 0 Å². The second-order valence-corrected chi connectivity index (χ2v) is 9.15. The molecule has 0 unspecified atom stereocenters. The molecule has 2 N–H and O–H groups in total. The van der Waals surface area contributed by atoms with Crippen LogP contribution in [-0.2, 0) is 13.2 Å². The van der Waals surface area contributed by atoms with Gasteiger partial charge in [-0.3, -0.25) is 0 Å². The molecule has 0 fully saturated rings. The highest BCUT2D eigenvalue weighted by Gasteiger charge is 2.16. The van der Waals surface area contributed by atoms with E-state index in [1.54, 1.807) is 11.8 Å². The minimum absolute atomic E-state index is 0.389. The molecule has 0 aliphatic carbocycles. The lowest BCUT2D eigenvalue weighted by Gasteiger charge is -2.17. The molecule has 0 radical (unpaired) electrons. The van der Waals surface area contributed by atoms with E-state index in [-0.39, 0.29) is 0 Å². The van der Waals surface area contributed by atoms with E-state index in [1.165, 1.54) is 0 Å². The smallest absolute Gasteiger partial charge is 0.214 e. The molecule has 182 valence electrons. The number of H-pyrrole nitrogens is 1. The first-order valence-electron chi connectivity index (χ1n) is 10.9. The summed E-state index contributed by atoms with van der Waals surface area (Å²) in [5.41, 5.74) is 6.13. The number of nitrogens with zero attached hydrogens (tertiary/aromatic N) is 2. The Balaban J connectivity index is 1.55. The summed E-state index contributed by atoms with van der Waals surface area (Å²) in [7, 11) is 1.63. The van der Waals surface area contributed by atoms with Gasteiger partial charge in [0, 0.05) is 5.02 Å². The monoisotopic (exact) mass is 574 g/mol. The number of rotatable bonds is 10. The van der Waals surface area contributed by atoms with E-state index in [2.05, 4.69) is 31.6 Å². The number of hydrogen-bond donors (Lipinski definition) is 2. The Morgan fingerprint density at radius 3 is 2.57 bits per heavy atom. The highest BCUT2D eigenvalue weighted by molar-refractivity contribution is 9.10. The Labute approximate surface area is 222 Å². The molecule has 0 aliphatic heterocycles. The van der Waals surface area contributed by atoms with Gasteiger partial charge in [-0.15, -0.1) is 0 Å². The predicted octanol–water partition coefficient (Wildman–Crippen LogP) is 6.75. The Kier molecular flexibility index (Phi) is 8.33. The van der Waals surface area contributed by atoms with Gasteiger partial charge in [0.05, 0.1) is 30.3 Å². The van der Waals surface area contributed by atoms with Crippen molar-refractivity contribution in [2.45, 2.75) is 20.1 Å². The van der Waals surface area contributed by atoms with Crippen molar-refractivity contribution in [2.75, 3.05) is 19.1 Å². The van der Waals surface area contributed by atoms with Crippen LogP contribution in [0.2, 0.25) is 5.02 Å². The number of para-hydroxylation sites is 1. The molecule has 4 aromatic rings. The van der Waals surface area contributed by atoms with Crippen LogP contribution in [0, 0.1) is 4.77 Å². The molecule has 35 heavy (non-hydrogen) atoms. The van der Waals surface area contributed by atoms with Gasteiger partial charge in [-0.05, 0) is 82.6 Å². The van der Waals surface area contributed by atoms with Crippen molar-refractivity contribution >= 4 is 39.7 Å². The fourth-order valence-electron chi connectivity index (χ4n) is 3.49. The molecule has 7 nitrogen and oxygen atoms in total. The van der Waals surface area contributed by atoms with E-state index in [1.807, 2.05) is 67.6 Å². The maximum absolute atomic E-state index is 6.09. The first-order chi connectivity index (χ1) is 17.0. The lowest BCUT2D eigenvalue weighted by molar-refractivity contribution is 0.267. The molecule has 0 bridgehead atoms. The van der Waals surface area contributed by atoms with E-state index >= 15 is 0 Å². The number of aromatic nitrogens is 3. The van der Waals surface area contributed by atoms with E-state index in [0.29, 0.717) is 52.6 Å². The van der Waals surface area contributed by atoms with Crippen LogP contribution in [-0.4, -0.2) is 28.6 Å². The van der Waals surface area contributed by atoms with Gasteiger partial charge in [0.1, 0.15) is 12.4 Å². The minimum Gasteiger partial charge on any atom is -0.496 e. The molecule has 0 atom stereocenters. The van der Waals surface area contributed by atoms with Gasteiger partial charge in [0.15, 0.2) is 17.3 Å². The maximum Gasteiger partial charge on any atom is 0.214 e. The number of methoxy groups -OCH3 is 1. The third-order valence-corrected chi connectivity index (χ3v) is 6.24. The number of aromatic amines is 1. The zero-order valence-electron chi connectivity index (χ0n) is 19.2. The topological polar surface area (TPSA) is 73.3 Å². The van der Waals surface area contributed by atoms with Gasteiger partial charge in [-0.25, -0.2) is 9.77 Å². The number of hydrogen-bond acceptors (Lipinski definition) is 6. The summed E-state index contributed by atoms with van der Waals surface area (Å²) in [6.45, 7) is 3.30. The van der Waals surface area contributed by atoms with Gasteiger partial charge < -0.3 is 19.6 Å². The fourth-order valence-corrected chi connectivity index (χ4v) is 4.41. The van der Waals surface area contributed by atoms with Crippen molar-refractivity contribution in [3.05, 3.63) is 86.1 Å². The quantitative estimate of drug-likeness (QED) is 0.204. The van der Waals surface area contributed by atoms with Crippen LogP contribution >= 0.6 is 39.7 Å². The average molecular weight is 576 g/mol. The summed E-state index contributed by atoms with van der Waals surface area (Å²) in [6, 6.07) is 19.1. The molecular formula is C25H24BrClN4O3S. The fraction of sp³-hybridized carbons (Fsp3) is 0.200. The Hall–Kier alpha value is -3.01. The van der Waals surface area contributed by atoms with Gasteiger partial charge >= 0.3 is 0 Å². The van der Waals surface area contributed by atoms with E-state index < -0.39 is 0 Å². The van der Waals surface area contributed by atoms with Crippen LogP contribution in [0.25, 0.3) is 11.4 Å². The lowest BCUT2D eigenvalue weighted by atomic mass is 10.2. The second-order valence-electron chi connectivity index (χ2n) is 7.48. The molecule has 0 saturated heterocycles. The molecular weight excluding hydrogens is 552 g/mol. The van der Waals surface area contributed by atoms with E-state index in [4.69, 9.17) is 38.0 Å². The molecule has 1 aromatic heterocycles. The third-order valence-electron chi connectivity index (χ3n) is 5.13. The summed E-state index contributed by atoms with van der Waals surface area (Å²) in [5.74, 6) is 2.61. The van der Waals surface area contributed by atoms with Crippen LogP contribution in [0.5, 0.6) is 17.2 Å². The largest absolute Gasteiger partial charge is 0.496 e. The number of halogens is 2. The van der Waals surface area contributed by atoms with Gasteiger partial charge in [-0.1, -0.05) is 35.9 Å². The highest BCUT2D eigenvalue weighted by Crippen LogP contribution is 2.38. The van der Waals surface area contributed by atoms with Gasteiger partial charge in [-0.2, -0.15) is 5.10 Å². The average Bonchev–Trinajstić information content (AvgIpc) is 3.23. The summed E-state index contributed by atoms with van der Waals surface area (Å²) in [6.07, 6.45) is 0. The molecule has 10 heteroatoms. The normalized spacial score (nSPS) is 10.7. The summed E-state index contributed by atoms with van der Waals surface area (Å²) >= 11 is 15.1. The molecule has 3 aromatic carbocycles. The van der Waals surface area contributed by atoms with Gasteiger partial charge in [0.2, 0.25) is 4.77 Å². The van der Waals surface area contributed by atoms with Crippen LogP contribution in [0.3, 0.4) is 0 Å². The zero-order chi connectivity index (χ0) is 24.8. The third kappa shape index (κ3) is 5.98. The van der Waals surface area contributed by atoms with Crippen LogP contribution in [0.4, 0.5) is 0 Å². The number of benzene rings is 3. The van der Waals surface area contributed by atoms with Crippen LogP contribution in [0.15, 0.2) is 65.1 Å². The Morgan fingerprint density at radius 1 is 1.06 bits per heavy atom. The summed E-state index contributed by atoms with van der Waals surface area (Å²) in [4.78, 5) is 0. The van der Waals surface area contributed by atoms with Crippen molar-refractivity contribution in [3.63, 3.8) is 0 Å². The minimum atomic E-state index is 0.389. The van der Waals surface area contributed by atoms with Crippen molar-refractivity contribution < 1.29 is 14.2 Å². The maximum atomic E-state index is 6.09.